The van der Waals surface area contributed by atoms with Crippen LogP contribution in [0.3, 0.4) is 0 Å². The molecule has 3 nitrogen and oxygen atoms in total. The lowest BCUT2D eigenvalue weighted by molar-refractivity contribution is 0.0211. The van der Waals surface area contributed by atoms with Gasteiger partial charge in [-0.15, -0.1) is 0 Å². The summed E-state index contributed by atoms with van der Waals surface area (Å²) in [6.07, 6.45) is 5.43. The van der Waals surface area contributed by atoms with E-state index in [0.29, 0.717) is 16.7 Å². The Balaban J connectivity index is 1.66. The zero-order valence-electron chi connectivity index (χ0n) is 13.0. The summed E-state index contributed by atoms with van der Waals surface area (Å²) in [6, 6.07) is 15.8. The van der Waals surface area contributed by atoms with Crippen LogP contribution in [0.25, 0.3) is 0 Å². The van der Waals surface area contributed by atoms with E-state index in [2.05, 4.69) is 0 Å². The number of hydrogen-bond donors (Lipinski definition) is 0. The number of carbonyl (C=O) groups excluding carboxylic acids is 2. The number of ether oxygens (including phenoxy) is 1. The molecule has 0 spiro atoms. The third-order valence-electron chi connectivity index (χ3n) is 4.24. The fourth-order valence-corrected chi connectivity index (χ4v) is 2.92. The molecule has 0 atom stereocenters. The molecule has 118 valence electrons. The second-order valence-corrected chi connectivity index (χ2v) is 5.94. The molecule has 0 aliphatic heterocycles. The van der Waals surface area contributed by atoms with Crippen molar-refractivity contribution in [3.63, 3.8) is 0 Å². The van der Waals surface area contributed by atoms with E-state index < -0.39 is 0 Å². The Bertz CT molecular complexity index is 668. The lowest BCUT2D eigenvalue weighted by atomic mass is 9.97. The van der Waals surface area contributed by atoms with E-state index in [-0.39, 0.29) is 17.9 Å². The van der Waals surface area contributed by atoms with Crippen LogP contribution < -0.4 is 0 Å². The first-order valence-corrected chi connectivity index (χ1v) is 8.15. The molecule has 0 aromatic heterocycles. The maximum absolute atomic E-state index is 12.3. The molecule has 2 aromatic rings. The summed E-state index contributed by atoms with van der Waals surface area (Å²) in [5.41, 5.74) is 1.72. The van der Waals surface area contributed by atoms with E-state index >= 15 is 0 Å². The van der Waals surface area contributed by atoms with Crippen LogP contribution in [0.1, 0.15) is 58.4 Å². The van der Waals surface area contributed by atoms with Gasteiger partial charge in [0.05, 0.1) is 5.56 Å². The third kappa shape index (κ3) is 3.86. The van der Waals surface area contributed by atoms with Crippen molar-refractivity contribution in [1.82, 2.24) is 0 Å². The lowest BCUT2D eigenvalue weighted by Gasteiger charge is -2.21. The van der Waals surface area contributed by atoms with E-state index in [1.54, 1.807) is 36.4 Å². The monoisotopic (exact) mass is 308 g/mol. The van der Waals surface area contributed by atoms with Crippen molar-refractivity contribution in [3.8, 4) is 0 Å². The first kappa shape index (κ1) is 15.5. The average Bonchev–Trinajstić information content (AvgIpc) is 2.63. The normalized spacial score (nSPS) is 15.1. The van der Waals surface area contributed by atoms with Crippen molar-refractivity contribution in [2.24, 2.45) is 0 Å². The highest BCUT2D eigenvalue weighted by Gasteiger charge is 2.19. The smallest absolute Gasteiger partial charge is 0.338 e. The maximum Gasteiger partial charge on any atom is 0.338 e. The van der Waals surface area contributed by atoms with E-state index in [9.17, 15) is 9.59 Å². The Hall–Kier alpha value is -2.42. The summed E-state index contributed by atoms with van der Waals surface area (Å²) < 4.78 is 5.54. The minimum atomic E-state index is -0.296. The van der Waals surface area contributed by atoms with Crippen LogP contribution >= 0.6 is 0 Å². The summed E-state index contributed by atoms with van der Waals surface area (Å²) in [5, 5.41) is 0. The molecule has 0 amide bonds. The Kier molecular flexibility index (Phi) is 4.86. The van der Waals surface area contributed by atoms with Crippen LogP contribution in [0.5, 0.6) is 0 Å². The number of rotatable bonds is 4. The Morgan fingerprint density at radius 1 is 0.739 bits per heavy atom. The molecule has 0 bridgehead atoms. The quantitative estimate of drug-likeness (QED) is 0.621. The number of ketones is 1. The fraction of sp³-hybridized carbons (Fsp3) is 0.300. The molecule has 3 heteroatoms. The first-order valence-electron chi connectivity index (χ1n) is 8.15. The topological polar surface area (TPSA) is 43.4 Å². The number of benzene rings is 2. The van der Waals surface area contributed by atoms with E-state index in [1.165, 1.54) is 6.42 Å². The van der Waals surface area contributed by atoms with Gasteiger partial charge < -0.3 is 4.74 Å². The molecule has 23 heavy (non-hydrogen) atoms. The van der Waals surface area contributed by atoms with E-state index in [4.69, 9.17) is 4.74 Å². The van der Waals surface area contributed by atoms with Gasteiger partial charge in [0.15, 0.2) is 5.78 Å². The van der Waals surface area contributed by atoms with Gasteiger partial charge in [-0.05, 0) is 37.8 Å². The van der Waals surface area contributed by atoms with Crippen molar-refractivity contribution in [1.29, 1.82) is 0 Å². The molecule has 0 N–H and O–H groups in total. The summed E-state index contributed by atoms with van der Waals surface area (Å²) >= 11 is 0. The second kappa shape index (κ2) is 7.23. The zero-order chi connectivity index (χ0) is 16.1. The highest BCUT2D eigenvalue weighted by atomic mass is 16.5. The molecule has 1 aliphatic rings. The molecule has 1 fully saturated rings. The van der Waals surface area contributed by atoms with Gasteiger partial charge in [-0.3, -0.25) is 4.79 Å². The Labute approximate surface area is 136 Å². The average molecular weight is 308 g/mol. The van der Waals surface area contributed by atoms with Crippen molar-refractivity contribution in [2.45, 2.75) is 38.2 Å². The molecule has 0 saturated heterocycles. The van der Waals surface area contributed by atoms with Crippen LogP contribution in [-0.4, -0.2) is 17.9 Å². The van der Waals surface area contributed by atoms with Gasteiger partial charge in [0, 0.05) is 11.1 Å². The third-order valence-corrected chi connectivity index (χ3v) is 4.24. The molecule has 1 aliphatic carbocycles. The van der Waals surface area contributed by atoms with Crippen LogP contribution in [0.15, 0.2) is 54.6 Å². The highest BCUT2D eigenvalue weighted by molar-refractivity contribution is 6.09. The number of carbonyl (C=O) groups is 2. The van der Waals surface area contributed by atoms with Crippen LogP contribution in [0.2, 0.25) is 0 Å². The highest BCUT2D eigenvalue weighted by Crippen LogP contribution is 2.21. The first-order chi connectivity index (χ1) is 11.2. The second-order valence-electron chi connectivity index (χ2n) is 5.94. The molecule has 3 rings (SSSR count). The molecule has 1 saturated carbocycles. The molecule has 0 heterocycles. The molecular weight excluding hydrogens is 288 g/mol. The van der Waals surface area contributed by atoms with Gasteiger partial charge in [0.1, 0.15) is 6.10 Å². The van der Waals surface area contributed by atoms with Crippen molar-refractivity contribution in [2.75, 3.05) is 0 Å². The standard InChI is InChI=1S/C20H20O3/c21-19(15-7-3-1-4-8-15)16-11-13-17(14-12-16)20(22)23-18-9-5-2-6-10-18/h1,3-4,7-8,11-14,18H,2,5-6,9-10H2. The van der Waals surface area contributed by atoms with Gasteiger partial charge in [-0.2, -0.15) is 0 Å². The fourth-order valence-electron chi connectivity index (χ4n) is 2.92. The number of hydrogen-bond acceptors (Lipinski definition) is 3. The Morgan fingerprint density at radius 2 is 1.30 bits per heavy atom. The van der Waals surface area contributed by atoms with Gasteiger partial charge in [0.2, 0.25) is 0 Å². The summed E-state index contributed by atoms with van der Waals surface area (Å²) in [4.78, 5) is 24.5. The van der Waals surface area contributed by atoms with Gasteiger partial charge in [0.25, 0.3) is 0 Å². The molecule has 0 unspecified atom stereocenters. The van der Waals surface area contributed by atoms with Gasteiger partial charge in [-0.25, -0.2) is 4.79 Å². The van der Waals surface area contributed by atoms with E-state index in [1.807, 2.05) is 18.2 Å². The van der Waals surface area contributed by atoms with Crippen molar-refractivity contribution in [3.05, 3.63) is 71.3 Å². The minimum absolute atomic E-state index is 0.0434. The molecule has 2 aromatic carbocycles. The van der Waals surface area contributed by atoms with Crippen LogP contribution in [0, 0.1) is 0 Å². The predicted molar refractivity (Wildman–Crippen MR) is 88.6 cm³/mol. The summed E-state index contributed by atoms with van der Waals surface area (Å²) in [5.74, 6) is -0.339. The van der Waals surface area contributed by atoms with Gasteiger partial charge >= 0.3 is 5.97 Å². The minimum Gasteiger partial charge on any atom is -0.459 e. The lowest BCUT2D eigenvalue weighted by Crippen LogP contribution is -2.20. The largest absolute Gasteiger partial charge is 0.459 e. The SMILES string of the molecule is O=C(OC1CCCCC1)c1ccc(C(=O)c2ccccc2)cc1. The van der Waals surface area contributed by atoms with Crippen molar-refractivity contribution >= 4 is 11.8 Å². The molecular formula is C20H20O3. The number of esters is 1. The predicted octanol–water partition coefficient (Wildman–Crippen LogP) is 4.41. The zero-order valence-corrected chi connectivity index (χ0v) is 13.0. The maximum atomic E-state index is 12.3. The van der Waals surface area contributed by atoms with Gasteiger partial charge in [-0.1, -0.05) is 48.9 Å². The van der Waals surface area contributed by atoms with Crippen LogP contribution in [0.4, 0.5) is 0 Å². The Morgan fingerprint density at radius 3 is 1.96 bits per heavy atom. The van der Waals surface area contributed by atoms with E-state index in [0.717, 1.165) is 25.7 Å². The van der Waals surface area contributed by atoms with Crippen molar-refractivity contribution < 1.29 is 14.3 Å². The summed E-state index contributed by atoms with van der Waals surface area (Å²) in [6.45, 7) is 0. The molecule has 0 radical (unpaired) electrons. The summed E-state index contributed by atoms with van der Waals surface area (Å²) in [7, 11) is 0. The van der Waals surface area contributed by atoms with Crippen LogP contribution in [-0.2, 0) is 4.74 Å².